The largest absolute Gasteiger partial charge is 0.299 e. The zero-order valence-electron chi connectivity index (χ0n) is 8.95. The standard InChI is InChI=1S/C13H16O/c1-10(2)9-13(11(3)14)12-7-5-4-6-8-12/h4-9,13H,1-3H3/t13-/m0/s1. The van der Waals surface area contributed by atoms with E-state index in [2.05, 4.69) is 0 Å². The number of hydrogen-bond donors (Lipinski definition) is 0. The molecule has 0 bridgehead atoms. The van der Waals surface area contributed by atoms with Gasteiger partial charge in [-0.25, -0.2) is 0 Å². The lowest BCUT2D eigenvalue weighted by atomic mass is 9.94. The lowest BCUT2D eigenvalue weighted by molar-refractivity contribution is -0.117. The van der Waals surface area contributed by atoms with E-state index < -0.39 is 0 Å². The molecule has 0 amide bonds. The Kier molecular flexibility index (Phi) is 3.63. The molecule has 74 valence electrons. The van der Waals surface area contributed by atoms with Crippen molar-refractivity contribution in [3.05, 3.63) is 47.5 Å². The van der Waals surface area contributed by atoms with Gasteiger partial charge in [-0.2, -0.15) is 0 Å². The summed E-state index contributed by atoms with van der Waals surface area (Å²) in [6.45, 7) is 5.66. The van der Waals surface area contributed by atoms with Crippen LogP contribution < -0.4 is 0 Å². The van der Waals surface area contributed by atoms with Crippen LogP contribution in [0.4, 0.5) is 0 Å². The maximum atomic E-state index is 11.4. The minimum atomic E-state index is -0.0822. The molecule has 0 aliphatic heterocycles. The molecule has 14 heavy (non-hydrogen) atoms. The summed E-state index contributed by atoms with van der Waals surface area (Å²) in [5.74, 6) is 0.110. The average Bonchev–Trinajstić information content (AvgIpc) is 2.15. The molecule has 1 heteroatoms. The average molecular weight is 188 g/mol. The third-order valence-electron chi connectivity index (χ3n) is 2.10. The molecule has 0 aliphatic carbocycles. The number of benzene rings is 1. The fourth-order valence-electron chi connectivity index (χ4n) is 1.44. The van der Waals surface area contributed by atoms with Gasteiger partial charge in [0, 0.05) is 0 Å². The van der Waals surface area contributed by atoms with Crippen LogP contribution in [0.25, 0.3) is 0 Å². The van der Waals surface area contributed by atoms with E-state index in [1.165, 1.54) is 5.57 Å². The molecule has 1 atom stereocenters. The summed E-state index contributed by atoms with van der Waals surface area (Å²) in [5, 5.41) is 0. The van der Waals surface area contributed by atoms with E-state index in [4.69, 9.17) is 0 Å². The molecule has 0 saturated heterocycles. The second-order valence-corrected chi connectivity index (χ2v) is 3.74. The minimum Gasteiger partial charge on any atom is -0.299 e. The predicted molar refractivity (Wildman–Crippen MR) is 59.3 cm³/mol. The first-order valence-electron chi connectivity index (χ1n) is 4.81. The fourth-order valence-corrected chi connectivity index (χ4v) is 1.44. The monoisotopic (exact) mass is 188 g/mol. The number of carbonyl (C=O) groups is 1. The van der Waals surface area contributed by atoms with Crippen molar-refractivity contribution in [1.82, 2.24) is 0 Å². The molecular weight excluding hydrogens is 172 g/mol. The molecule has 0 spiro atoms. The lowest BCUT2D eigenvalue weighted by Crippen LogP contribution is -2.06. The van der Waals surface area contributed by atoms with Gasteiger partial charge in [0.2, 0.25) is 0 Å². The van der Waals surface area contributed by atoms with Gasteiger partial charge in [0.25, 0.3) is 0 Å². The molecule has 0 aromatic heterocycles. The summed E-state index contributed by atoms with van der Waals surface area (Å²) in [7, 11) is 0. The molecule has 0 fully saturated rings. The highest BCUT2D eigenvalue weighted by atomic mass is 16.1. The highest BCUT2D eigenvalue weighted by Gasteiger charge is 2.12. The van der Waals surface area contributed by atoms with E-state index in [1.54, 1.807) is 6.92 Å². The van der Waals surface area contributed by atoms with Crippen LogP contribution in [0.15, 0.2) is 42.0 Å². The van der Waals surface area contributed by atoms with Gasteiger partial charge in [-0.3, -0.25) is 4.79 Å². The van der Waals surface area contributed by atoms with E-state index in [0.29, 0.717) is 0 Å². The van der Waals surface area contributed by atoms with Crippen LogP contribution in [0.2, 0.25) is 0 Å². The van der Waals surface area contributed by atoms with Crippen molar-refractivity contribution in [2.75, 3.05) is 0 Å². The summed E-state index contributed by atoms with van der Waals surface area (Å²) >= 11 is 0. The Bertz CT molecular complexity index is 332. The highest BCUT2D eigenvalue weighted by Crippen LogP contribution is 2.19. The molecule has 0 aliphatic rings. The first kappa shape index (κ1) is 10.7. The molecule has 1 aromatic carbocycles. The van der Waals surface area contributed by atoms with Crippen LogP contribution in [0.5, 0.6) is 0 Å². The smallest absolute Gasteiger partial charge is 0.141 e. The molecule has 0 saturated carbocycles. The summed E-state index contributed by atoms with van der Waals surface area (Å²) in [6.07, 6.45) is 2.01. The molecular formula is C13H16O. The predicted octanol–water partition coefficient (Wildman–Crippen LogP) is 3.33. The Morgan fingerprint density at radius 1 is 1.14 bits per heavy atom. The summed E-state index contributed by atoms with van der Waals surface area (Å²) in [5.41, 5.74) is 2.25. The van der Waals surface area contributed by atoms with Crippen molar-refractivity contribution in [2.24, 2.45) is 0 Å². The maximum Gasteiger partial charge on any atom is 0.141 e. The number of allylic oxidation sites excluding steroid dienone is 2. The van der Waals surface area contributed by atoms with Gasteiger partial charge in [0.05, 0.1) is 5.92 Å². The SMILES string of the molecule is CC(=O)[C@H](C=C(C)C)c1ccccc1. The number of Topliss-reactive ketones (excluding diaryl/α,β-unsaturated/α-hetero) is 1. The van der Waals surface area contributed by atoms with Crippen molar-refractivity contribution in [3.63, 3.8) is 0 Å². The number of ketones is 1. The van der Waals surface area contributed by atoms with E-state index in [1.807, 2.05) is 50.3 Å². The zero-order chi connectivity index (χ0) is 10.6. The van der Waals surface area contributed by atoms with E-state index in [0.717, 1.165) is 5.56 Å². The lowest BCUT2D eigenvalue weighted by Gasteiger charge is -2.09. The Morgan fingerprint density at radius 3 is 2.14 bits per heavy atom. The van der Waals surface area contributed by atoms with Crippen molar-refractivity contribution in [2.45, 2.75) is 26.7 Å². The quantitative estimate of drug-likeness (QED) is 0.665. The van der Waals surface area contributed by atoms with Gasteiger partial charge in [-0.15, -0.1) is 0 Å². The fraction of sp³-hybridized carbons (Fsp3) is 0.308. The van der Waals surface area contributed by atoms with Gasteiger partial charge in [0.15, 0.2) is 0 Å². The number of carbonyl (C=O) groups excluding carboxylic acids is 1. The molecule has 1 nitrogen and oxygen atoms in total. The van der Waals surface area contributed by atoms with Gasteiger partial charge in [-0.1, -0.05) is 42.0 Å². The van der Waals surface area contributed by atoms with Gasteiger partial charge >= 0.3 is 0 Å². The van der Waals surface area contributed by atoms with E-state index >= 15 is 0 Å². The van der Waals surface area contributed by atoms with Crippen LogP contribution >= 0.6 is 0 Å². The van der Waals surface area contributed by atoms with Crippen molar-refractivity contribution >= 4 is 5.78 Å². The van der Waals surface area contributed by atoms with E-state index in [9.17, 15) is 4.79 Å². The van der Waals surface area contributed by atoms with Gasteiger partial charge < -0.3 is 0 Å². The molecule has 1 rings (SSSR count). The topological polar surface area (TPSA) is 17.1 Å². The Labute approximate surface area is 85.5 Å². The second kappa shape index (κ2) is 4.75. The minimum absolute atomic E-state index is 0.0822. The van der Waals surface area contributed by atoms with Gasteiger partial charge in [0.1, 0.15) is 5.78 Å². The summed E-state index contributed by atoms with van der Waals surface area (Å²) < 4.78 is 0. The zero-order valence-corrected chi connectivity index (χ0v) is 8.95. The maximum absolute atomic E-state index is 11.4. The second-order valence-electron chi connectivity index (χ2n) is 3.74. The van der Waals surface area contributed by atoms with E-state index in [-0.39, 0.29) is 11.7 Å². The van der Waals surface area contributed by atoms with Crippen LogP contribution in [0, 0.1) is 0 Å². The molecule has 0 unspecified atom stereocenters. The molecule has 0 radical (unpaired) electrons. The van der Waals surface area contributed by atoms with Crippen LogP contribution in [-0.4, -0.2) is 5.78 Å². The Morgan fingerprint density at radius 2 is 1.71 bits per heavy atom. The van der Waals surface area contributed by atoms with Crippen LogP contribution in [0.3, 0.4) is 0 Å². The molecule has 0 N–H and O–H groups in total. The normalized spacial score (nSPS) is 11.9. The molecule has 0 heterocycles. The van der Waals surface area contributed by atoms with Crippen molar-refractivity contribution in [3.8, 4) is 0 Å². The highest BCUT2D eigenvalue weighted by molar-refractivity contribution is 5.85. The Hall–Kier alpha value is -1.37. The first-order valence-corrected chi connectivity index (χ1v) is 4.81. The third-order valence-corrected chi connectivity index (χ3v) is 2.10. The third kappa shape index (κ3) is 2.84. The number of rotatable bonds is 3. The summed E-state index contributed by atoms with van der Waals surface area (Å²) in [6, 6.07) is 9.87. The van der Waals surface area contributed by atoms with Crippen LogP contribution in [-0.2, 0) is 4.79 Å². The van der Waals surface area contributed by atoms with Crippen molar-refractivity contribution in [1.29, 1.82) is 0 Å². The first-order chi connectivity index (χ1) is 6.61. The Balaban J connectivity index is 3.01. The van der Waals surface area contributed by atoms with Crippen LogP contribution in [0.1, 0.15) is 32.3 Å². The number of hydrogen-bond acceptors (Lipinski definition) is 1. The summed E-state index contributed by atoms with van der Waals surface area (Å²) in [4.78, 5) is 11.4. The molecule has 1 aromatic rings. The van der Waals surface area contributed by atoms with Gasteiger partial charge in [-0.05, 0) is 26.3 Å². The van der Waals surface area contributed by atoms with Crippen molar-refractivity contribution < 1.29 is 4.79 Å².